The van der Waals surface area contributed by atoms with Gasteiger partial charge in [-0.25, -0.2) is 9.59 Å². The maximum atomic E-state index is 12.1. The number of benzene rings is 1. The molecule has 1 aliphatic heterocycles. The van der Waals surface area contributed by atoms with Crippen LogP contribution in [0.5, 0.6) is 0 Å². The van der Waals surface area contributed by atoms with E-state index in [1.165, 1.54) is 24.3 Å². The molecule has 1 atom stereocenters. The topological polar surface area (TPSA) is 116 Å². The second-order valence-electron chi connectivity index (χ2n) is 6.87. The zero-order chi connectivity index (χ0) is 20.6. The summed E-state index contributed by atoms with van der Waals surface area (Å²) in [6.45, 7) is 1.36. The lowest BCUT2D eigenvalue weighted by Gasteiger charge is -2.24. The van der Waals surface area contributed by atoms with Crippen LogP contribution in [0.15, 0.2) is 35.9 Å². The third-order valence-corrected chi connectivity index (χ3v) is 4.60. The number of hydrogen-bond acceptors (Lipinski definition) is 7. The first-order valence-electron chi connectivity index (χ1n) is 9.35. The maximum absolute atomic E-state index is 12.1. The largest absolute Gasteiger partial charge is 0.458 e. The van der Waals surface area contributed by atoms with E-state index in [9.17, 15) is 24.8 Å². The van der Waals surface area contributed by atoms with E-state index in [1.54, 1.807) is 0 Å². The van der Waals surface area contributed by atoms with Crippen molar-refractivity contribution in [3.63, 3.8) is 0 Å². The summed E-state index contributed by atoms with van der Waals surface area (Å²) in [6.07, 6.45) is 7.10. The van der Waals surface area contributed by atoms with Crippen LogP contribution in [0, 0.1) is 10.1 Å². The molecule has 1 fully saturated rings. The summed E-state index contributed by atoms with van der Waals surface area (Å²) in [4.78, 5) is 34.3. The molecule has 8 nitrogen and oxygen atoms in total. The number of hydrogen-bond donors (Lipinski definition) is 1. The standard InChI is InChI=1S/C20H25NO7/c1-2-3-4-5-6-7-16-12-20(13-22,28-19(16)24)14-27-18(23)15-8-10-17(11-9-15)21(25)26/h7-11,22H,2-6,12-14H2,1H3/b16-7+. The van der Waals surface area contributed by atoms with Crippen LogP contribution in [0.1, 0.15) is 55.8 Å². The average molecular weight is 391 g/mol. The highest BCUT2D eigenvalue weighted by atomic mass is 16.6. The highest BCUT2D eigenvalue weighted by Gasteiger charge is 2.44. The van der Waals surface area contributed by atoms with Crippen molar-refractivity contribution in [2.75, 3.05) is 13.2 Å². The van der Waals surface area contributed by atoms with E-state index in [-0.39, 0.29) is 24.3 Å². The normalized spacial score (nSPS) is 20.2. The van der Waals surface area contributed by atoms with Crippen molar-refractivity contribution in [2.45, 2.75) is 51.0 Å². The molecule has 1 aliphatic rings. The molecule has 152 valence electrons. The monoisotopic (exact) mass is 391 g/mol. The minimum atomic E-state index is -1.29. The Kier molecular flexibility index (Phi) is 7.69. The smallest absolute Gasteiger partial charge is 0.338 e. The number of esters is 2. The summed E-state index contributed by atoms with van der Waals surface area (Å²) in [5.41, 5.74) is -0.809. The molecular weight excluding hydrogens is 366 g/mol. The Morgan fingerprint density at radius 1 is 1.32 bits per heavy atom. The van der Waals surface area contributed by atoms with Gasteiger partial charge in [-0.2, -0.15) is 0 Å². The van der Waals surface area contributed by atoms with Gasteiger partial charge in [-0.1, -0.05) is 32.3 Å². The third kappa shape index (κ3) is 5.63. The maximum Gasteiger partial charge on any atom is 0.338 e. The number of aliphatic hydroxyl groups is 1. The Morgan fingerprint density at radius 3 is 2.64 bits per heavy atom. The van der Waals surface area contributed by atoms with Gasteiger partial charge in [-0.3, -0.25) is 10.1 Å². The molecule has 0 aromatic heterocycles. The summed E-state index contributed by atoms with van der Waals surface area (Å²) >= 11 is 0. The SMILES string of the molecule is CCCCCC/C=C1\CC(CO)(COC(=O)c2ccc([N+](=O)[O-])cc2)OC1=O. The van der Waals surface area contributed by atoms with Crippen molar-refractivity contribution >= 4 is 17.6 Å². The number of allylic oxidation sites excluding steroid dienone is 1. The number of nitro benzene ring substituents is 1. The quantitative estimate of drug-likeness (QED) is 0.214. The predicted octanol–water partition coefficient (Wildman–Crippen LogP) is 3.33. The van der Waals surface area contributed by atoms with Gasteiger partial charge in [0.25, 0.3) is 5.69 Å². The average Bonchev–Trinajstić information content (AvgIpc) is 3.02. The first-order valence-corrected chi connectivity index (χ1v) is 9.35. The molecule has 0 spiro atoms. The van der Waals surface area contributed by atoms with E-state index >= 15 is 0 Å². The molecular formula is C20H25NO7. The minimum absolute atomic E-state index is 0.134. The molecule has 1 aromatic carbocycles. The number of nitrogens with zero attached hydrogens (tertiary/aromatic N) is 1. The number of nitro groups is 1. The fourth-order valence-electron chi connectivity index (χ4n) is 2.93. The summed E-state index contributed by atoms with van der Waals surface area (Å²) < 4.78 is 10.5. The van der Waals surface area contributed by atoms with Crippen molar-refractivity contribution in [1.82, 2.24) is 0 Å². The summed E-state index contributed by atoms with van der Waals surface area (Å²) in [6, 6.07) is 4.98. The van der Waals surface area contributed by atoms with Crippen molar-refractivity contribution in [3.8, 4) is 0 Å². The molecule has 0 radical (unpaired) electrons. The van der Waals surface area contributed by atoms with Gasteiger partial charge in [0.2, 0.25) is 0 Å². The van der Waals surface area contributed by atoms with Crippen LogP contribution < -0.4 is 0 Å². The number of aliphatic hydroxyl groups excluding tert-OH is 1. The molecule has 0 bridgehead atoms. The van der Waals surface area contributed by atoms with E-state index in [0.717, 1.165) is 32.1 Å². The summed E-state index contributed by atoms with van der Waals surface area (Å²) in [5.74, 6) is -1.22. The number of carbonyl (C=O) groups excluding carboxylic acids is 2. The Morgan fingerprint density at radius 2 is 2.04 bits per heavy atom. The zero-order valence-electron chi connectivity index (χ0n) is 15.9. The van der Waals surface area contributed by atoms with Gasteiger partial charge in [0.05, 0.1) is 17.1 Å². The lowest BCUT2D eigenvalue weighted by atomic mass is 9.98. The van der Waals surface area contributed by atoms with Crippen LogP contribution in [0.4, 0.5) is 5.69 Å². The fourth-order valence-corrected chi connectivity index (χ4v) is 2.93. The van der Waals surface area contributed by atoms with E-state index in [1.807, 2.05) is 6.08 Å². The lowest BCUT2D eigenvalue weighted by molar-refractivity contribution is -0.384. The van der Waals surface area contributed by atoms with Crippen LogP contribution in [0.3, 0.4) is 0 Å². The molecule has 1 unspecified atom stereocenters. The highest BCUT2D eigenvalue weighted by Crippen LogP contribution is 2.32. The number of non-ortho nitro benzene ring substituents is 1. The molecule has 1 saturated heterocycles. The molecule has 28 heavy (non-hydrogen) atoms. The number of ether oxygens (including phenoxy) is 2. The van der Waals surface area contributed by atoms with Crippen LogP contribution >= 0.6 is 0 Å². The summed E-state index contributed by atoms with van der Waals surface area (Å²) in [5, 5.41) is 20.4. The molecule has 2 rings (SSSR count). The van der Waals surface area contributed by atoms with E-state index in [0.29, 0.717) is 5.57 Å². The number of carbonyl (C=O) groups is 2. The van der Waals surface area contributed by atoms with Gasteiger partial charge in [0.15, 0.2) is 5.60 Å². The minimum Gasteiger partial charge on any atom is -0.458 e. The van der Waals surface area contributed by atoms with Crippen LogP contribution in [0.25, 0.3) is 0 Å². The van der Waals surface area contributed by atoms with Gasteiger partial charge in [0.1, 0.15) is 6.61 Å². The van der Waals surface area contributed by atoms with Crippen LogP contribution in [0.2, 0.25) is 0 Å². The Balaban J connectivity index is 1.93. The first-order chi connectivity index (χ1) is 13.4. The fraction of sp³-hybridized carbons (Fsp3) is 0.500. The Bertz CT molecular complexity index is 741. The molecule has 0 aliphatic carbocycles. The molecule has 1 heterocycles. The second kappa shape index (κ2) is 9.98. The third-order valence-electron chi connectivity index (χ3n) is 4.60. The molecule has 0 amide bonds. The van der Waals surface area contributed by atoms with Gasteiger partial charge in [-0.05, 0) is 25.0 Å². The van der Waals surface area contributed by atoms with E-state index in [2.05, 4.69) is 6.92 Å². The van der Waals surface area contributed by atoms with Gasteiger partial charge in [0, 0.05) is 24.1 Å². The highest BCUT2D eigenvalue weighted by molar-refractivity contribution is 5.92. The molecule has 0 saturated carbocycles. The van der Waals surface area contributed by atoms with Crippen molar-refractivity contribution in [1.29, 1.82) is 0 Å². The van der Waals surface area contributed by atoms with Gasteiger partial charge < -0.3 is 14.6 Å². The van der Waals surface area contributed by atoms with Gasteiger partial charge >= 0.3 is 11.9 Å². The Hall–Kier alpha value is -2.74. The summed E-state index contributed by atoms with van der Waals surface area (Å²) in [7, 11) is 0. The first kappa shape index (κ1) is 21.6. The van der Waals surface area contributed by atoms with Crippen LogP contribution in [-0.2, 0) is 14.3 Å². The van der Waals surface area contributed by atoms with Crippen LogP contribution in [-0.4, -0.2) is 40.8 Å². The number of cyclic esters (lactones) is 1. The van der Waals surface area contributed by atoms with Crippen molar-refractivity contribution in [2.24, 2.45) is 0 Å². The molecule has 1 N–H and O–H groups in total. The molecule has 8 heteroatoms. The number of rotatable bonds is 10. The predicted molar refractivity (Wildman–Crippen MR) is 101 cm³/mol. The second-order valence-corrected chi connectivity index (χ2v) is 6.87. The van der Waals surface area contributed by atoms with E-state index < -0.39 is 29.1 Å². The number of unbranched alkanes of at least 4 members (excludes halogenated alkanes) is 4. The van der Waals surface area contributed by atoms with Crippen molar-refractivity contribution < 1.29 is 29.1 Å². The van der Waals surface area contributed by atoms with Gasteiger partial charge in [-0.15, -0.1) is 0 Å². The molecule has 1 aromatic rings. The lowest BCUT2D eigenvalue weighted by Crippen LogP contribution is -2.39. The van der Waals surface area contributed by atoms with Crippen molar-refractivity contribution in [3.05, 3.63) is 51.6 Å². The zero-order valence-corrected chi connectivity index (χ0v) is 15.9. The Labute approximate surface area is 163 Å². The van der Waals surface area contributed by atoms with E-state index in [4.69, 9.17) is 9.47 Å².